The number of halogens is 3. The molecule has 6 rings (SSSR count). The van der Waals surface area contributed by atoms with E-state index in [1.165, 1.54) is 27.6 Å². The number of aryl methyl sites for hydroxylation is 2. The van der Waals surface area contributed by atoms with Crippen molar-refractivity contribution in [3.8, 4) is 0 Å². The van der Waals surface area contributed by atoms with Gasteiger partial charge in [0.15, 0.2) is 0 Å². The third-order valence-electron chi connectivity index (χ3n) is 8.52. The molecule has 1 heterocycles. The Bertz CT molecular complexity index is 1610. The van der Waals surface area contributed by atoms with Crippen LogP contribution in [0.3, 0.4) is 0 Å². The number of aromatic carboxylic acids is 1. The van der Waals surface area contributed by atoms with Crippen molar-refractivity contribution in [2.45, 2.75) is 57.5 Å². The first-order valence-corrected chi connectivity index (χ1v) is 16.8. The van der Waals surface area contributed by atoms with E-state index < -0.39 is 33.0 Å². The van der Waals surface area contributed by atoms with Crippen molar-refractivity contribution in [1.82, 2.24) is 0 Å². The van der Waals surface area contributed by atoms with E-state index in [0.717, 1.165) is 39.5 Å². The number of carboxylic acid groups (broad SMARTS) is 1. The Morgan fingerprint density at radius 1 is 1.07 bits per heavy atom. The Morgan fingerprint density at radius 3 is 2.54 bits per heavy atom. The molecule has 3 aromatic rings. The van der Waals surface area contributed by atoms with E-state index in [-0.39, 0.29) is 11.5 Å². The minimum atomic E-state index is -1.04. The summed E-state index contributed by atoms with van der Waals surface area (Å²) in [5.41, 5.74) is 7.47. The summed E-state index contributed by atoms with van der Waals surface area (Å²) in [5, 5.41) is 25.7. The Balaban J connectivity index is 1.19. The number of benzene rings is 3. The van der Waals surface area contributed by atoms with E-state index in [0.29, 0.717) is 35.9 Å². The summed E-state index contributed by atoms with van der Waals surface area (Å²) in [6, 6.07) is 17.1. The van der Waals surface area contributed by atoms with Crippen molar-refractivity contribution in [2.24, 2.45) is 9.12 Å². The van der Waals surface area contributed by atoms with Gasteiger partial charge < -0.3 is 5.11 Å². The second-order valence-corrected chi connectivity index (χ2v) is 14.2. The number of carboxylic acids is 1. The number of rotatable bonds is 9. The van der Waals surface area contributed by atoms with Crippen molar-refractivity contribution < 1.29 is 36.5 Å². The van der Waals surface area contributed by atoms with E-state index in [1.54, 1.807) is 12.1 Å². The molecule has 0 aromatic heterocycles. The van der Waals surface area contributed by atoms with Crippen molar-refractivity contribution in [3.05, 3.63) is 107 Å². The van der Waals surface area contributed by atoms with Gasteiger partial charge in [0.1, 0.15) is 0 Å². The molecular formula is C33H32Cl2IN2O3-. The van der Waals surface area contributed by atoms with Gasteiger partial charge >= 0.3 is 217 Å². The molecule has 2 aliphatic carbocycles. The molecule has 8 heteroatoms. The molecule has 0 atom stereocenters. The van der Waals surface area contributed by atoms with Gasteiger partial charge in [-0.3, -0.25) is 0 Å². The zero-order valence-corrected chi connectivity index (χ0v) is 26.6. The SMILES string of the molecule is CCc1cccc(Cl)c1C1=N[I-]C(C2CC2)=C1CNc1ccc(C2(O)CC(c3cc(C(=O)O)ccc3C)C2)c(Cl)c1. The molecule has 3 N–H and O–H groups in total. The number of anilines is 1. The number of allylic oxidation sites excluding steroid dienone is 1. The van der Waals surface area contributed by atoms with Crippen LogP contribution in [0, 0.1) is 12.8 Å². The molecule has 0 radical (unpaired) electrons. The third-order valence-corrected chi connectivity index (χ3v) is 11.9. The molecular weight excluding hydrogens is 670 g/mol. The van der Waals surface area contributed by atoms with Crippen LogP contribution in [-0.2, 0) is 12.0 Å². The zero-order valence-electron chi connectivity index (χ0n) is 23.0. The Hall–Kier alpha value is -2.39. The van der Waals surface area contributed by atoms with Gasteiger partial charge in [0, 0.05) is 0 Å². The molecule has 0 saturated heterocycles. The number of hydrogen-bond donors (Lipinski definition) is 3. The van der Waals surface area contributed by atoms with Crippen LogP contribution in [0.1, 0.15) is 76.7 Å². The van der Waals surface area contributed by atoms with Crippen LogP contribution in [0.2, 0.25) is 10.0 Å². The third kappa shape index (κ3) is 5.56. The van der Waals surface area contributed by atoms with Crippen molar-refractivity contribution >= 4 is 40.6 Å². The molecule has 1 aliphatic heterocycles. The normalized spacial score (nSPS) is 22.2. The van der Waals surface area contributed by atoms with Gasteiger partial charge in [-0.15, -0.1) is 0 Å². The first-order chi connectivity index (χ1) is 19.7. The van der Waals surface area contributed by atoms with E-state index in [9.17, 15) is 15.0 Å². The maximum atomic E-state index is 11.5. The molecule has 0 bridgehead atoms. The maximum absolute atomic E-state index is 11.5. The average Bonchev–Trinajstić information content (AvgIpc) is 3.69. The van der Waals surface area contributed by atoms with E-state index >= 15 is 0 Å². The van der Waals surface area contributed by atoms with Gasteiger partial charge in [0.05, 0.1) is 5.56 Å². The Labute approximate surface area is 261 Å². The zero-order chi connectivity index (χ0) is 28.9. The van der Waals surface area contributed by atoms with Crippen LogP contribution >= 0.6 is 23.2 Å². The second kappa shape index (κ2) is 11.4. The average molecular weight is 702 g/mol. The summed E-state index contributed by atoms with van der Waals surface area (Å²) < 4.78 is 6.61. The molecule has 214 valence electrons. The fourth-order valence-electron chi connectivity index (χ4n) is 6.05. The molecule has 0 amide bonds. The molecule has 5 nitrogen and oxygen atoms in total. The topological polar surface area (TPSA) is 81.9 Å². The van der Waals surface area contributed by atoms with E-state index in [4.69, 9.17) is 26.4 Å². The van der Waals surface area contributed by atoms with Gasteiger partial charge in [0.2, 0.25) is 0 Å². The predicted octanol–water partition coefficient (Wildman–Crippen LogP) is 4.91. The van der Waals surface area contributed by atoms with Crippen LogP contribution in [0.5, 0.6) is 0 Å². The first kappa shape index (κ1) is 28.7. The van der Waals surface area contributed by atoms with E-state index in [1.807, 2.05) is 43.3 Å². The molecule has 2 fully saturated rings. The summed E-state index contributed by atoms with van der Waals surface area (Å²) in [7, 11) is 0. The summed E-state index contributed by atoms with van der Waals surface area (Å²) >= 11 is 13.1. The van der Waals surface area contributed by atoms with Gasteiger partial charge in [0.25, 0.3) is 0 Å². The monoisotopic (exact) mass is 701 g/mol. The standard InChI is InChI=1S/C33H32Cl2IN2O3/c1-3-19-5-4-6-27(34)29(19)31-25(30(36-38-31)20-9-10-20)17-37-23-11-12-26(28(35)14-23)33(41)15-22(16-33)24-13-21(32(39)40)8-7-18(24)2/h4-8,11-14,20,22,37,41H,3,9-10,15-17H2,1-2H3,(H,39,40)/q-1. The first-order valence-electron chi connectivity index (χ1n) is 14.0. The van der Waals surface area contributed by atoms with Gasteiger partial charge in [-0.2, -0.15) is 0 Å². The number of carbonyl (C=O) groups is 1. The number of nitrogens with zero attached hydrogens (tertiary/aromatic N) is 1. The molecule has 2 saturated carbocycles. The summed E-state index contributed by atoms with van der Waals surface area (Å²) in [6.45, 7) is 4.78. The van der Waals surface area contributed by atoms with Gasteiger partial charge in [-0.1, -0.05) is 6.07 Å². The number of aliphatic hydroxyl groups is 1. The molecule has 3 aromatic carbocycles. The molecule has 41 heavy (non-hydrogen) atoms. The predicted molar refractivity (Wildman–Crippen MR) is 161 cm³/mol. The molecule has 3 aliphatic rings. The molecule has 0 unspecified atom stereocenters. The van der Waals surface area contributed by atoms with Crippen LogP contribution in [0.15, 0.2) is 67.0 Å². The van der Waals surface area contributed by atoms with Crippen molar-refractivity contribution in [1.29, 1.82) is 0 Å². The number of hydrogen-bond acceptors (Lipinski definition) is 4. The summed E-state index contributed by atoms with van der Waals surface area (Å²) in [6.07, 6.45) is 4.39. The van der Waals surface area contributed by atoms with Crippen LogP contribution < -0.4 is 26.8 Å². The minimum absolute atomic E-state index is 0.0853. The quantitative estimate of drug-likeness (QED) is 0.277. The van der Waals surface area contributed by atoms with E-state index in [2.05, 4.69) is 18.3 Å². The Morgan fingerprint density at radius 2 is 1.85 bits per heavy atom. The number of nitrogens with one attached hydrogen (secondary N) is 1. The van der Waals surface area contributed by atoms with Crippen molar-refractivity contribution in [2.75, 3.05) is 11.9 Å². The van der Waals surface area contributed by atoms with Crippen LogP contribution in [0.4, 0.5) is 5.69 Å². The molecule has 0 spiro atoms. The summed E-state index contributed by atoms with van der Waals surface area (Å²) in [4.78, 5) is 11.5. The van der Waals surface area contributed by atoms with Crippen LogP contribution in [0.25, 0.3) is 0 Å². The van der Waals surface area contributed by atoms with Crippen LogP contribution in [-0.4, -0.2) is 28.4 Å². The second-order valence-electron chi connectivity index (χ2n) is 11.3. The van der Waals surface area contributed by atoms with Crippen molar-refractivity contribution in [3.63, 3.8) is 0 Å². The summed E-state index contributed by atoms with van der Waals surface area (Å²) in [5.74, 6) is -0.204. The fraction of sp³-hybridized carbons (Fsp3) is 0.333. The van der Waals surface area contributed by atoms with Gasteiger partial charge in [-0.25, -0.2) is 4.79 Å². The van der Waals surface area contributed by atoms with Gasteiger partial charge in [-0.05, 0) is 24.6 Å². The fourth-order valence-corrected chi connectivity index (χ4v) is 9.47. The Kier molecular flexibility index (Phi) is 7.96.